The van der Waals surface area contributed by atoms with E-state index in [4.69, 9.17) is 10.3 Å². The molecular formula is C15H14N3O+. The zero-order chi connectivity index (χ0) is 13.1. The molecule has 0 spiro atoms. The zero-order valence-electron chi connectivity index (χ0n) is 10.4. The van der Waals surface area contributed by atoms with Gasteiger partial charge in [-0.2, -0.15) is 0 Å². The Hall–Kier alpha value is -2.62. The standard InChI is InChI=1S/C15H14N3O/c16-15-11-18(17-19-15)10-12-5-4-8-14(9-12)13-6-2-1-3-7-13/h1-9,11H,10,16H2/q+1. The van der Waals surface area contributed by atoms with Crippen molar-refractivity contribution in [1.29, 1.82) is 0 Å². The van der Waals surface area contributed by atoms with E-state index in [1.165, 1.54) is 11.1 Å². The molecule has 1 heterocycles. The Bertz CT molecular complexity index is 677. The third kappa shape index (κ3) is 2.63. The molecule has 94 valence electrons. The second kappa shape index (κ2) is 4.94. The van der Waals surface area contributed by atoms with Gasteiger partial charge in [0, 0.05) is 5.56 Å². The SMILES string of the molecule is Nc1c[n+](Cc2cccc(-c3ccccc3)c2)no1. The van der Waals surface area contributed by atoms with E-state index in [1.807, 2.05) is 24.3 Å². The summed E-state index contributed by atoms with van der Waals surface area (Å²) in [5.74, 6) is 0.319. The summed E-state index contributed by atoms with van der Waals surface area (Å²) in [6.45, 7) is 0.640. The van der Waals surface area contributed by atoms with E-state index in [9.17, 15) is 0 Å². The molecular weight excluding hydrogens is 238 g/mol. The first kappa shape index (κ1) is 11.5. The number of aromatic nitrogens is 2. The number of benzene rings is 2. The summed E-state index contributed by atoms with van der Waals surface area (Å²) in [5, 5.41) is 3.83. The van der Waals surface area contributed by atoms with E-state index in [0.29, 0.717) is 12.4 Å². The van der Waals surface area contributed by atoms with E-state index in [-0.39, 0.29) is 0 Å². The molecule has 0 radical (unpaired) electrons. The summed E-state index contributed by atoms with van der Waals surface area (Å²) in [5.41, 5.74) is 9.05. The molecule has 19 heavy (non-hydrogen) atoms. The van der Waals surface area contributed by atoms with Crippen molar-refractivity contribution in [1.82, 2.24) is 5.27 Å². The van der Waals surface area contributed by atoms with Crippen LogP contribution in [0.4, 0.5) is 5.88 Å². The van der Waals surface area contributed by atoms with Crippen LogP contribution in [0.3, 0.4) is 0 Å². The number of rotatable bonds is 3. The maximum atomic E-state index is 5.50. The second-order valence-corrected chi connectivity index (χ2v) is 4.37. The van der Waals surface area contributed by atoms with Crippen molar-refractivity contribution in [3.05, 3.63) is 66.4 Å². The van der Waals surface area contributed by atoms with Crippen molar-refractivity contribution in [3.63, 3.8) is 0 Å². The third-order valence-corrected chi connectivity index (χ3v) is 2.91. The highest BCUT2D eigenvalue weighted by molar-refractivity contribution is 5.63. The number of nitrogen functional groups attached to an aromatic ring is 1. The number of hydrogen-bond acceptors (Lipinski definition) is 3. The Morgan fingerprint density at radius 3 is 2.53 bits per heavy atom. The molecule has 2 aromatic carbocycles. The molecule has 0 saturated heterocycles. The molecule has 0 atom stereocenters. The van der Waals surface area contributed by atoms with Gasteiger partial charge in [-0.15, -0.1) is 0 Å². The summed E-state index contributed by atoms with van der Waals surface area (Å²) in [6.07, 6.45) is 1.68. The van der Waals surface area contributed by atoms with Gasteiger partial charge in [0.2, 0.25) is 11.8 Å². The quantitative estimate of drug-likeness (QED) is 0.727. The molecule has 0 unspecified atom stereocenters. The minimum atomic E-state index is 0.319. The van der Waals surface area contributed by atoms with Gasteiger partial charge in [-0.25, -0.2) is 0 Å². The molecule has 0 aliphatic rings. The van der Waals surface area contributed by atoms with Crippen LogP contribution >= 0.6 is 0 Å². The van der Waals surface area contributed by atoms with Crippen LogP contribution in [0.25, 0.3) is 11.1 Å². The summed E-state index contributed by atoms with van der Waals surface area (Å²) in [6, 6.07) is 18.6. The topological polar surface area (TPSA) is 55.9 Å². The van der Waals surface area contributed by atoms with Crippen LogP contribution in [-0.4, -0.2) is 5.27 Å². The van der Waals surface area contributed by atoms with Gasteiger partial charge < -0.3 is 5.73 Å². The number of hydrogen-bond donors (Lipinski definition) is 1. The maximum absolute atomic E-state index is 5.50. The van der Waals surface area contributed by atoms with Gasteiger partial charge in [-0.05, 0) is 21.9 Å². The first-order valence-corrected chi connectivity index (χ1v) is 6.07. The average molecular weight is 252 g/mol. The molecule has 3 aromatic rings. The van der Waals surface area contributed by atoms with Crippen LogP contribution in [0, 0.1) is 0 Å². The lowest BCUT2D eigenvalue weighted by atomic mass is 10.0. The lowest BCUT2D eigenvalue weighted by Crippen LogP contribution is -2.35. The molecule has 0 aliphatic heterocycles. The van der Waals surface area contributed by atoms with Crippen molar-refractivity contribution in [3.8, 4) is 11.1 Å². The highest BCUT2D eigenvalue weighted by Gasteiger charge is 2.10. The van der Waals surface area contributed by atoms with Gasteiger partial charge in [-0.1, -0.05) is 48.5 Å². The minimum Gasteiger partial charge on any atom is -0.362 e. The fraction of sp³-hybridized carbons (Fsp3) is 0.0667. The normalized spacial score (nSPS) is 10.5. The molecule has 1 aromatic heterocycles. The monoisotopic (exact) mass is 252 g/mol. The highest BCUT2D eigenvalue weighted by Crippen LogP contribution is 2.19. The number of anilines is 1. The summed E-state index contributed by atoms with van der Waals surface area (Å²) in [4.78, 5) is 0. The zero-order valence-corrected chi connectivity index (χ0v) is 10.4. The lowest BCUT2D eigenvalue weighted by Gasteiger charge is -2.02. The van der Waals surface area contributed by atoms with Crippen LogP contribution < -0.4 is 10.4 Å². The predicted octanol–water partition coefficient (Wildman–Crippen LogP) is 2.26. The van der Waals surface area contributed by atoms with Crippen molar-refractivity contribution in [2.24, 2.45) is 0 Å². The summed E-state index contributed by atoms with van der Waals surface area (Å²) < 4.78 is 6.52. The van der Waals surface area contributed by atoms with E-state index >= 15 is 0 Å². The first-order valence-electron chi connectivity index (χ1n) is 6.07. The van der Waals surface area contributed by atoms with Gasteiger partial charge in [0.05, 0.1) is 0 Å². The molecule has 0 bridgehead atoms. The van der Waals surface area contributed by atoms with Gasteiger partial charge in [0.1, 0.15) is 0 Å². The predicted molar refractivity (Wildman–Crippen MR) is 72.1 cm³/mol. The fourth-order valence-corrected chi connectivity index (χ4v) is 2.04. The van der Waals surface area contributed by atoms with Crippen molar-refractivity contribution >= 4 is 5.88 Å². The number of nitrogens with zero attached hydrogens (tertiary/aromatic N) is 2. The largest absolute Gasteiger partial charge is 0.362 e. The first-order chi connectivity index (χ1) is 9.31. The second-order valence-electron chi connectivity index (χ2n) is 4.37. The highest BCUT2D eigenvalue weighted by atomic mass is 16.5. The summed E-state index contributed by atoms with van der Waals surface area (Å²) in [7, 11) is 0. The van der Waals surface area contributed by atoms with Gasteiger partial charge in [0.25, 0.3) is 12.1 Å². The Kier molecular flexibility index (Phi) is 2.98. The van der Waals surface area contributed by atoms with Gasteiger partial charge in [-0.3, -0.25) is 4.52 Å². The van der Waals surface area contributed by atoms with Crippen molar-refractivity contribution in [2.45, 2.75) is 6.54 Å². The average Bonchev–Trinajstić information content (AvgIpc) is 2.85. The molecule has 3 rings (SSSR count). The van der Waals surface area contributed by atoms with Crippen molar-refractivity contribution < 1.29 is 9.20 Å². The van der Waals surface area contributed by atoms with E-state index in [2.05, 4.69) is 35.6 Å². The molecule has 0 saturated carbocycles. The van der Waals surface area contributed by atoms with E-state index in [0.717, 1.165) is 5.56 Å². The van der Waals surface area contributed by atoms with E-state index < -0.39 is 0 Å². The fourth-order valence-electron chi connectivity index (χ4n) is 2.04. The van der Waals surface area contributed by atoms with Gasteiger partial charge in [0.15, 0.2) is 0 Å². The Morgan fingerprint density at radius 2 is 1.79 bits per heavy atom. The molecule has 4 heteroatoms. The smallest absolute Gasteiger partial charge is 0.293 e. The minimum absolute atomic E-state index is 0.319. The van der Waals surface area contributed by atoms with E-state index in [1.54, 1.807) is 10.9 Å². The molecule has 2 N–H and O–H groups in total. The van der Waals surface area contributed by atoms with Crippen LogP contribution in [0.5, 0.6) is 0 Å². The van der Waals surface area contributed by atoms with Gasteiger partial charge >= 0.3 is 0 Å². The van der Waals surface area contributed by atoms with Crippen molar-refractivity contribution in [2.75, 3.05) is 5.73 Å². The molecule has 0 amide bonds. The van der Waals surface area contributed by atoms with Crippen LogP contribution in [0.1, 0.15) is 5.56 Å². The number of nitrogens with two attached hydrogens (primary N) is 1. The molecule has 0 fully saturated rings. The summed E-state index contributed by atoms with van der Waals surface area (Å²) >= 11 is 0. The van der Waals surface area contributed by atoms with Crippen LogP contribution in [0.15, 0.2) is 65.3 Å². The maximum Gasteiger partial charge on any atom is 0.293 e. The lowest BCUT2D eigenvalue weighted by molar-refractivity contribution is -0.754. The molecule has 4 nitrogen and oxygen atoms in total. The Labute approximate surface area is 111 Å². The van der Waals surface area contributed by atoms with Crippen LogP contribution in [0.2, 0.25) is 0 Å². The van der Waals surface area contributed by atoms with Crippen LogP contribution in [-0.2, 0) is 6.54 Å². The third-order valence-electron chi connectivity index (χ3n) is 2.91. The molecule has 0 aliphatic carbocycles. The Balaban J connectivity index is 1.88. The Morgan fingerprint density at radius 1 is 1.00 bits per heavy atom.